The zero-order chi connectivity index (χ0) is 16.3. The van der Waals surface area contributed by atoms with Crippen molar-refractivity contribution in [3.05, 3.63) is 47.6 Å². The first-order valence-electron chi connectivity index (χ1n) is 7.12. The Balaban J connectivity index is 1.74. The third-order valence-electron chi connectivity index (χ3n) is 3.46. The number of halogens is 1. The van der Waals surface area contributed by atoms with Crippen molar-refractivity contribution >= 4 is 33.1 Å². The molecular weight excluding hydrogens is 338 g/mol. The number of pyridine rings is 1. The second-order valence-corrected chi connectivity index (χ2v) is 7.40. The van der Waals surface area contributed by atoms with Crippen LogP contribution in [-0.2, 0) is 14.8 Å². The van der Waals surface area contributed by atoms with Gasteiger partial charge in [-0.1, -0.05) is 11.6 Å². The van der Waals surface area contributed by atoms with Crippen LogP contribution in [-0.4, -0.2) is 44.0 Å². The highest BCUT2D eigenvalue weighted by Gasteiger charge is 2.26. The molecule has 0 spiro atoms. The van der Waals surface area contributed by atoms with Gasteiger partial charge < -0.3 is 10.1 Å². The number of anilines is 2. The van der Waals surface area contributed by atoms with E-state index in [0.29, 0.717) is 37.1 Å². The molecule has 6 nitrogen and oxygen atoms in total. The van der Waals surface area contributed by atoms with Crippen LogP contribution in [0.5, 0.6) is 0 Å². The Labute approximate surface area is 140 Å². The molecule has 0 amide bonds. The normalized spacial score (nSPS) is 16.2. The SMILES string of the molecule is O=S(=O)(c1ccc(Nc2ccc(Cl)cc2)nc1)N1CCOCC1. The molecule has 23 heavy (non-hydrogen) atoms. The zero-order valence-electron chi connectivity index (χ0n) is 12.3. The third kappa shape index (κ3) is 3.81. The Morgan fingerprint density at radius 3 is 2.39 bits per heavy atom. The van der Waals surface area contributed by atoms with Crippen LogP contribution < -0.4 is 5.32 Å². The molecule has 0 atom stereocenters. The molecule has 0 saturated carbocycles. The number of morpholine rings is 1. The first-order chi connectivity index (χ1) is 11.1. The fourth-order valence-corrected chi connectivity index (χ4v) is 3.70. The fourth-order valence-electron chi connectivity index (χ4n) is 2.22. The molecule has 3 rings (SSSR count). The predicted octanol–water partition coefficient (Wildman–Crippen LogP) is 2.50. The van der Waals surface area contributed by atoms with E-state index < -0.39 is 10.0 Å². The van der Waals surface area contributed by atoms with E-state index in [4.69, 9.17) is 16.3 Å². The van der Waals surface area contributed by atoms with Crippen molar-refractivity contribution in [2.45, 2.75) is 4.90 Å². The summed E-state index contributed by atoms with van der Waals surface area (Å²) in [5, 5.41) is 3.74. The number of rotatable bonds is 4. The summed E-state index contributed by atoms with van der Waals surface area (Å²) in [5.74, 6) is 0.563. The Hall–Kier alpha value is -1.67. The van der Waals surface area contributed by atoms with Crippen molar-refractivity contribution in [1.29, 1.82) is 0 Å². The molecule has 0 unspecified atom stereocenters. The molecule has 1 saturated heterocycles. The van der Waals surface area contributed by atoms with Gasteiger partial charge in [-0.3, -0.25) is 0 Å². The minimum absolute atomic E-state index is 0.182. The highest BCUT2D eigenvalue weighted by atomic mass is 35.5. The summed E-state index contributed by atoms with van der Waals surface area (Å²) in [6, 6.07) is 10.4. The first-order valence-corrected chi connectivity index (χ1v) is 8.94. The summed E-state index contributed by atoms with van der Waals surface area (Å²) in [4.78, 5) is 4.36. The van der Waals surface area contributed by atoms with Crippen molar-refractivity contribution in [1.82, 2.24) is 9.29 Å². The number of ether oxygens (including phenoxy) is 1. The molecule has 1 N–H and O–H groups in total. The number of hydrogen-bond acceptors (Lipinski definition) is 5. The molecule has 1 aliphatic rings. The standard InChI is InChI=1S/C15H16ClN3O3S/c16-12-1-3-13(4-2-12)18-15-6-5-14(11-17-15)23(20,21)19-7-9-22-10-8-19/h1-6,11H,7-10H2,(H,17,18). The maximum atomic E-state index is 12.5. The molecular formula is C15H16ClN3O3S. The summed E-state index contributed by atoms with van der Waals surface area (Å²) >= 11 is 5.84. The van der Waals surface area contributed by atoms with E-state index in [1.165, 1.54) is 10.5 Å². The van der Waals surface area contributed by atoms with Crippen molar-refractivity contribution < 1.29 is 13.2 Å². The minimum Gasteiger partial charge on any atom is -0.379 e. The molecule has 1 fully saturated rings. The van der Waals surface area contributed by atoms with E-state index >= 15 is 0 Å². The van der Waals surface area contributed by atoms with E-state index in [9.17, 15) is 8.42 Å². The second kappa shape index (κ2) is 6.84. The lowest BCUT2D eigenvalue weighted by atomic mass is 10.3. The molecule has 1 aromatic heterocycles. The van der Waals surface area contributed by atoms with Crippen LogP contribution >= 0.6 is 11.6 Å². The largest absolute Gasteiger partial charge is 0.379 e. The van der Waals surface area contributed by atoms with Gasteiger partial charge in [0.15, 0.2) is 0 Å². The average Bonchev–Trinajstić information content (AvgIpc) is 2.58. The van der Waals surface area contributed by atoms with Crippen LogP contribution in [0.25, 0.3) is 0 Å². The van der Waals surface area contributed by atoms with E-state index in [2.05, 4.69) is 10.3 Å². The average molecular weight is 354 g/mol. The predicted molar refractivity (Wildman–Crippen MR) is 88.5 cm³/mol. The lowest BCUT2D eigenvalue weighted by Crippen LogP contribution is -2.40. The highest BCUT2D eigenvalue weighted by molar-refractivity contribution is 7.89. The number of nitrogens with one attached hydrogen (secondary N) is 1. The molecule has 122 valence electrons. The number of benzene rings is 1. The molecule has 2 aromatic rings. The van der Waals surface area contributed by atoms with Crippen LogP contribution in [0.4, 0.5) is 11.5 Å². The van der Waals surface area contributed by atoms with Crippen molar-refractivity contribution in [3.8, 4) is 0 Å². The molecule has 1 aromatic carbocycles. The van der Waals surface area contributed by atoms with Gasteiger partial charge in [-0.2, -0.15) is 4.31 Å². The van der Waals surface area contributed by atoms with Crippen LogP contribution in [0.15, 0.2) is 47.5 Å². The van der Waals surface area contributed by atoms with Crippen molar-refractivity contribution in [2.24, 2.45) is 0 Å². The van der Waals surface area contributed by atoms with Gasteiger partial charge in [0.05, 0.1) is 13.2 Å². The third-order valence-corrected chi connectivity index (χ3v) is 5.59. The van der Waals surface area contributed by atoms with Gasteiger partial charge in [0, 0.05) is 30.0 Å². The van der Waals surface area contributed by atoms with Crippen LogP contribution in [0.3, 0.4) is 0 Å². The quantitative estimate of drug-likeness (QED) is 0.914. The zero-order valence-corrected chi connectivity index (χ0v) is 13.8. The lowest BCUT2D eigenvalue weighted by Gasteiger charge is -2.25. The summed E-state index contributed by atoms with van der Waals surface area (Å²) < 4.78 is 31.6. The highest BCUT2D eigenvalue weighted by Crippen LogP contribution is 2.20. The maximum Gasteiger partial charge on any atom is 0.244 e. The molecule has 8 heteroatoms. The van der Waals surface area contributed by atoms with Gasteiger partial charge in [0.1, 0.15) is 10.7 Å². The molecule has 0 radical (unpaired) electrons. The van der Waals surface area contributed by atoms with Crippen molar-refractivity contribution in [3.63, 3.8) is 0 Å². The van der Waals surface area contributed by atoms with Gasteiger partial charge in [0.25, 0.3) is 0 Å². The molecule has 0 aliphatic carbocycles. The first kappa shape index (κ1) is 16.2. The van der Waals surface area contributed by atoms with Gasteiger partial charge in [-0.15, -0.1) is 0 Å². The Morgan fingerprint density at radius 2 is 1.78 bits per heavy atom. The van der Waals surface area contributed by atoms with Crippen LogP contribution in [0.1, 0.15) is 0 Å². The van der Waals surface area contributed by atoms with Gasteiger partial charge in [-0.05, 0) is 36.4 Å². The molecule has 1 aliphatic heterocycles. The summed E-state index contributed by atoms with van der Waals surface area (Å²) in [6.45, 7) is 1.58. The lowest BCUT2D eigenvalue weighted by molar-refractivity contribution is 0.0730. The topological polar surface area (TPSA) is 71.5 Å². The van der Waals surface area contributed by atoms with E-state index in [1.807, 2.05) is 12.1 Å². The molecule has 0 bridgehead atoms. The minimum atomic E-state index is -3.51. The van der Waals surface area contributed by atoms with Crippen LogP contribution in [0, 0.1) is 0 Å². The summed E-state index contributed by atoms with van der Waals surface area (Å²) in [6.07, 6.45) is 1.36. The monoisotopic (exact) mass is 353 g/mol. The van der Waals surface area contributed by atoms with Crippen LogP contribution in [0.2, 0.25) is 5.02 Å². The summed E-state index contributed by atoms with van der Waals surface area (Å²) in [5.41, 5.74) is 0.825. The Morgan fingerprint density at radius 1 is 1.09 bits per heavy atom. The fraction of sp³-hybridized carbons (Fsp3) is 0.267. The Bertz CT molecular complexity index is 758. The number of aromatic nitrogens is 1. The number of hydrogen-bond donors (Lipinski definition) is 1. The van der Waals surface area contributed by atoms with E-state index in [1.54, 1.807) is 24.3 Å². The number of nitrogens with zero attached hydrogens (tertiary/aromatic N) is 2. The van der Waals surface area contributed by atoms with Gasteiger partial charge >= 0.3 is 0 Å². The smallest absolute Gasteiger partial charge is 0.244 e. The number of sulfonamides is 1. The van der Waals surface area contributed by atoms with Crippen molar-refractivity contribution in [2.75, 3.05) is 31.6 Å². The van der Waals surface area contributed by atoms with Gasteiger partial charge in [-0.25, -0.2) is 13.4 Å². The maximum absolute atomic E-state index is 12.5. The van der Waals surface area contributed by atoms with E-state index in [0.717, 1.165) is 5.69 Å². The Kier molecular flexibility index (Phi) is 4.82. The molecule has 2 heterocycles. The van der Waals surface area contributed by atoms with E-state index in [-0.39, 0.29) is 4.90 Å². The summed E-state index contributed by atoms with van der Waals surface area (Å²) in [7, 11) is -3.51. The van der Waals surface area contributed by atoms with Gasteiger partial charge in [0.2, 0.25) is 10.0 Å². The second-order valence-electron chi connectivity index (χ2n) is 5.03.